The first-order valence-electron chi connectivity index (χ1n) is 5.99. The smallest absolute Gasteiger partial charge is 0.140 e. The van der Waals surface area contributed by atoms with E-state index in [1.807, 2.05) is 19.1 Å². The summed E-state index contributed by atoms with van der Waals surface area (Å²) in [6.45, 7) is 4.30. The van der Waals surface area contributed by atoms with Gasteiger partial charge in [-0.2, -0.15) is 12.6 Å². The van der Waals surface area contributed by atoms with Gasteiger partial charge in [-0.25, -0.2) is 0 Å². The lowest BCUT2D eigenvalue weighted by Gasteiger charge is -2.35. The molecule has 0 amide bonds. The number of nitrogens with zero attached hydrogens (tertiary/aromatic N) is 1. The Morgan fingerprint density at radius 3 is 2.88 bits per heavy atom. The van der Waals surface area contributed by atoms with Crippen molar-refractivity contribution in [1.82, 2.24) is 4.98 Å². The third-order valence-corrected chi connectivity index (χ3v) is 4.05. The largest absolute Gasteiger partial charge is 0.491 e. The molecule has 0 atom stereocenters. The summed E-state index contributed by atoms with van der Waals surface area (Å²) < 4.78 is 11.3. The Bertz CT molecular complexity index is 364. The van der Waals surface area contributed by atoms with Crippen molar-refractivity contribution in [3.05, 3.63) is 24.0 Å². The lowest BCUT2D eigenvalue weighted by molar-refractivity contribution is 0.00292. The molecule has 0 bridgehead atoms. The van der Waals surface area contributed by atoms with Crippen LogP contribution >= 0.6 is 12.6 Å². The molecule has 0 unspecified atom stereocenters. The normalized spacial score (nSPS) is 18.9. The first-order valence-corrected chi connectivity index (χ1v) is 6.62. The third kappa shape index (κ3) is 3.13. The predicted octanol–water partition coefficient (Wildman–Crippen LogP) is 2.50. The lowest BCUT2D eigenvalue weighted by Crippen LogP contribution is -2.37. The van der Waals surface area contributed by atoms with E-state index < -0.39 is 0 Å². The molecule has 2 heterocycles. The first-order chi connectivity index (χ1) is 8.26. The molecule has 1 aromatic rings. The van der Waals surface area contributed by atoms with E-state index in [2.05, 4.69) is 17.6 Å². The minimum atomic E-state index is 0.156. The van der Waals surface area contributed by atoms with Crippen molar-refractivity contribution >= 4 is 12.6 Å². The maximum absolute atomic E-state index is 5.90. The number of hydrogen-bond acceptors (Lipinski definition) is 4. The van der Waals surface area contributed by atoms with Crippen LogP contribution in [0, 0.1) is 12.3 Å². The summed E-state index contributed by atoms with van der Waals surface area (Å²) in [6, 6.07) is 3.87. The summed E-state index contributed by atoms with van der Waals surface area (Å²) in [4.78, 5) is 4.22. The van der Waals surface area contributed by atoms with Crippen molar-refractivity contribution in [3.8, 4) is 5.75 Å². The maximum Gasteiger partial charge on any atom is 0.140 e. The fraction of sp³-hybridized carbons (Fsp3) is 0.615. The molecule has 0 aromatic carbocycles. The van der Waals surface area contributed by atoms with Crippen LogP contribution in [0.3, 0.4) is 0 Å². The van der Waals surface area contributed by atoms with E-state index in [0.717, 1.165) is 43.3 Å². The van der Waals surface area contributed by atoms with Crippen LogP contribution in [0.4, 0.5) is 0 Å². The first kappa shape index (κ1) is 12.7. The minimum absolute atomic E-state index is 0.156. The molecule has 1 aliphatic heterocycles. The number of thiol groups is 1. The van der Waals surface area contributed by atoms with E-state index >= 15 is 0 Å². The summed E-state index contributed by atoms with van der Waals surface area (Å²) in [5, 5.41) is 0. The van der Waals surface area contributed by atoms with Gasteiger partial charge in [-0.15, -0.1) is 0 Å². The van der Waals surface area contributed by atoms with E-state index in [1.165, 1.54) is 0 Å². The second-order valence-corrected chi connectivity index (χ2v) is 4.96. The van der Waals surface area contributed by atoms with E-state index in [9.17, 15) is 0 Å². The minimum Gasteiger partial charge on any atom is -0.491 e. The lowest BCUT2D eigenvalue weighted by atomic mass is 9.83. The second kappa shape index (κ2) is 5.74. The van der Waals surface area contributed by atoms with Crippen LogP contribution in [-0.4, -0.2) is 30.6 Å². The Kier molecular flexibility index (Phi) is 4.29. The summed E-state index contributed by atoms with van der Waals surface area (Å²) >= 11 is 4.47. The van der Waals surface area contributed by atoms with Crippen LogP contribution in [0.1, 0.15) is 18.5 Å². The van der Waals surface area contributed by atoms with Crippen molar-refractivity contribution in [2.75, 3.05) is 25.6 Å². The molecule has 1 saturated heterocycles. The number of pyridine rings is 1. The molecule has 0 spiro atoms. The van der Waals surface area contributed by atoms with Crippen LogP contribution < -0.4 is 4.74 Å². The van der Waals surface area contributed by atoms with Gasteiger partial charge in [0.25, 0.3) is 0 Å². The molecule has 17 heavy (non-hydrogen) atoms. The van der Waals surface area contributed by atoms with Gasteiger partial charge in [-0.1, -0.05) is 0 Å². The molecule has 94 valence electrons. The molecule has 1 fully saturated rings. The molecule has 0 saturated carbocycles. The Morgan fingerprint density at radius 2 is 2.24 bits per heavy atom. The summed E-state index contributed by atoms with van der Waals surface area (Å²) in [5.41, 5.74) is 1.10. The van der Waals surface area contributed by atoms with Gasteiger partial charge < -0.3 is 9.47 Å². The zero-order valence-electron chi connectivity index (χ0n) is 10.2. The highest BCUT2D eigenvalue weighted by Crippen LogP contribution is 2.32. The van der Waals surface area contributed by atoms with E-state index in [4.69, 9.17) is 9.47 Å². The number of ether oxygens (including phenoxy) is 2. The highest BCUT2D eigenvalue weighted by molar-refractivity contribution is 7.80. The molecule has 0 radical (unpaired) electrons. The summed E-state index contributed by atoms with van der Waals surface area (Å²) in [5.74, 6) is 1.72. The fourth-order valence-electron chi connectivity index (χ4n) is 2.01. The van der Waals surface area contributed by atoms with Gasteiger partial charge in [0.1, 0.15) is 5.75 Å². The Labute approximate surface area is 108 Å². The Balaban J connectivity index is 1.98. The maximum atomic E-state index is 5.90. The fourth-order valence-corrected chi connectivity index (χ4v) is 2.41. The highest BCUT2D eigenvalue weighted by atomic mass is 32.1. The van der Waals surface area contributed by atoms with Gasteiger partial charge in [0.2, 0.25) is 0 Å². The molecule has 4 heteroatoms. The van der Waals surface area contributed by atoms with E-state index in [-0.39, 0.29) is 5.41 Å². The molecular weight excluding hydrogens is 234 g/mol. The standard InChI is InChI=1S/C13H19NO2S/c1-11-12(3-2-6-14-11)16-9-13(10-17)4-7-15-8-5-13/h2-3,6,17H,4-5,7-10H2,1H3. The monoisotopic (exact) mass is 253 g/mol. The molecular formula is C13H19NO2S. The predicted molar refractivity (Wildman–Crippen MR) is 70.8 cm³/mol. The number of hydrogen-bond donors (Lipinski definition) is 1. The van der Waals surface area contributed by atoms with Crippen LogP contribution in [0.15, 0.2) is 18.3 Å². The SMILES string of the molecule is Cc1ncccc1OCC1(CS)CCOCC1. The topological polar surface area (TPSA) is 31.4 Å². The quantitative estimate of drug-likeness (QED) is 0.837. The van der Waals surface area contributed by atoms with Crippen LogP contribution in [0.25, 0.3) is 0 Å². The third-order valence-electron chi connectivity index (χ3n) is 3.38. The number of rotatable bonds is 4. The van der Waals surface area contributed by atoms with E-state index in [1.54, 1.807) is 6.20 Å². The Hall–Kier alpha value is -0.740. The van der Waals surface area contributed by atoms with Gasteiger partial charge in [0.15, 0.2) is 0 Å². The van der Waals surface area contributed by atoms with Crippen LogP contribution in [-0.2, 0) is 4.74 Å². The van der Waals surface area contributed by atoms with Gasteiger partial charge >= 0.3 is 0 Å². The zero-order valence-corrected chi connectivity index (χ0v) is 11.1. The molecule has 2 rings (SSSR count). The zero-order chi connectivity index (χ0) is 12.1. The van der Waals surface area contributed by atoms with Gasteiger partial charge in [0, 0.05) is 24.8 Å². The van der Waals surface area contributed by atoms with Crippen molar-refractivity contribution in [2.45, 2.75) is 19.8 Å². The average Bonchev–Trinajstić information content (AvgIpc) is 2.39. The van der Waals surface area contributed by atoms with Gasteiger partial charge in [-0.3, -0.25) is 4.98 Å². The van der Waals surface area contributed by atoms with Crippen LogP contribution in [0.2, 0.25) is 0 Å². The van der Waals surface area contributed by atoms with E-state index in [0.29, 0.717) is 6.61 Å². The van der Waals surface area contributed by atoms with Gasteiger partial charge in [-0.05, 0) is 37.7 Å². The van der Waals surface area contributed by atoms with Crippen molar-refractivity contribution in [3.63, 3.8) is 0 Å². The van der Waals surface area contributed by atoms with Crippen molar-refractivity contribution in [1.29, 1.82) is 0 Å². The highest BCUT2D eigenvalue weighted by Gasteiger charge is 2.32. The average molecular weight is 253 g/mol. The molecule has 0 N–H and O–H groups in total. The number of aryl methyl sites for hydroxylation is 1. The van der Waals surface area contributed by atoms with Crippen molar-refractivity contribution in [2.24, 2.45) is 5.41 Å². The Morgan fingerprint density at radius 1 is 1.47 bits per heavy atom. The number of aromatic nitrogens is 1. The molecule has 0 aliphatic carbocycles. The molecule has 1 aromatic heterocycles. The summed E-state index contributed by atoms with van der Waals surface area (Å²) in [7, 11) is 0. The summed E-state index contributed by atoms with van der Waals surface area (Å²) in [6.07, 6.45) is 3.83. The van der Waals surface area contributed by atoms with Crippen molar-refractivity contribution < 1.29 is 9.47 Å². The molecule has 3 nitrogen and oxygen atoms in total. The second-order valence-electron chi connectivity index (χ2n) is 4.65. The molecule has 1 aliphatic rings. The van der Waals surface area contributed by atoms with Crippen LogP contribution in [0.5, 0.6) is 5.75 Å². The van der Waals surface area contributed by atoms with Gasteiger partial charge in [0.05, 0.1) is 12.3 Å².